The lowest BCUT2D eigenvalue weighted by atomic mass is 10.2. The molecule has 1 N–H and O–H groups in total. The molecule has 0 bridgehead atoms. The van der Waals surface area contributed by atoms with Crippen molar-refractivity contribution in [3.8, 4) is 12.3 Å². The Bertz CT molecular complexity index is 657. The van der Waals surface area contributed by atoms with Crippen molar-refractivity contribution in [3.63, 3.8) is 0 Å². The summed E-state index contributed by atoms with van der Waals surface area (Å²) in [6, 6.07) is 9.36. The molecule has 3 rings (SSSR count). The molecule has 3 heteroatoms. The second-order valence-corrected chi connectivity index (χ2v) is 5.73. The smallest absolute Gasteiger partial charge is 0.265 e. The molecular weight excluding hydrogens is 254 g/mol. The summed E-state index contributed by atoms with van der Waals surface area (Å²) in [6.45, 7) is 0. The molecule has 1 aliphatic carbocycles. The van der Waals surface area contributed by atoms with E-state index < -0.39 is 0 Å². The van der Waals surface area contributed by atoms with Crippen molar-refractivity contribution in [2.45, 2.75) is 19.3 Å². The lowest BCUT2D eigenvalue weighted by molar-refractivity contribution is 0.103. The van der Waals surface area contributed by atoms with Crippen molar-refractivity contribution >= 4 is 22.9 Å². The van der Waals surface area contributed by atoms with Crippen LogP contribution in [-0.2, 0) is 12.8 Å². The molecule has 0 aliphatic heterocycles. The highest BCUT2D eigenvalue weighted by Gasteiger charge is 2.18. The predicted molar refractivity (Wildman–Crippen MR) is 78.7 cm³/mol. The van der Waals surface area contributed by atoms with Gasteiger partial charge in [0.25, 0.3) is 5.91 Å². The van der Waals surface area contributed by atoms with Gasteiger partial charge in [0.2, 0.25) is 0 Å². The molecule has 1 aromatic heterocycles. The molecule has 0 saturated carbocycles. The fourth-order valence-corrected chi connectivity index (χ4v) is 3.47. The average molecular weight is 267 g/mol. The zero-order chi connectivity index (χ0) is 13.2. The van der Waals surface area contributed by atoms with Crippen LogP contribution in [-0.4, -0.2) is 5.91 Å². The molecule has 1 aliphatic rings. The largest absolute Gasteiger partial charge is 0.321 e. The minimum absolute atomic E-state index is 0.0476. The molecule has 0 spiro atoms. The first kappa shape index (κ1) is 12.0. The van der Waals surface area contributed by atoms with Crippen molar-refractivity contribution < 1.29 is 4.79 Å². The summed E-state index contributed by atoms with van der Waals surface area (Å²) < 4.78 is 0. The molecule has 0 unspecified atom stereocenters. The van der Waals surface area contributed by atoms with Gasteiger partial charge in [0.1, 0.15) is 0 Å². The van der Waals surface area contributed by atoms with Crippen molar-refractivity contribution in [1.82, 2.24) is 0 Å². The van der Waals surface area contributed by atoms with Gasteiger partial charge in [-0.25, -0.2) is 0 Å². The van der Waals surface area contributed by atoms with Crippen molar-refractivity contribution in [3.05, 3.63) is 51.2 Å². The van der Waals surface area contributed by atoms with Crippen molar-refractivity contribution in [2.24, 2.45) is 0 Å². The lowest BCUT2D eigenvalue weighted by Crippen LogP contribution is -2.10. The van der Waals surface area contributed by atoms with E-state index in [0.717, 1.165) is 29.0 Å². The fraction of sp³-hybridized carbons (Fsp3) is 0.188. The normalized spacial score (nSPS) is 12.8. The quantitative estimate of drug-likeness (QED) is 0.829. The van der Waals surface area contributed by atoms with E-state index in [4.69, 9.17) is 6.42 Å². The van der Waals surface area contributed by atoms with E-state index in [9.17, 15) is 4.79 Å². The third-order valence-electron chi connectivity index (χ3n) is 3.26. The predicted octanol–water partition coefficient (Wildman–Crippen LogP) is 3.47. The van der Waals surface area contributed by atoms with Gasteiger partial charge in [0.05, 0.1) is 4.88 Å². The molecule has 1 aromatic carbocycles. The molecule has 1 heterocycles. The summed E-state index contributed by atoms with van der Waals surface area (Å²) in [5.41, 5.74) is 2.85. The van der Waals surface area contributed by atoms with Gasteiger partial charge in [-0.2, -0.15) is 0 Å². The van der Waals surface area contributed by atoms with Gasteiger partial charge in [-0.05, 0) is 49.1 Å². The summed E-state index contributed by atoms with van der Waals surface area (Å²) in [5, 5.41) is 2.90. The minimum atomic E-state index is -0.0476. The SMILES string of the molecule is C#Cc1cccc(NC(=O)c2cc3c(s2)CCC3)c1. The van der Waals surface area contributed by atoms with Crippen LogP contribution in [0.25, 0.3) is 0 Å². The van der Waals surface area contributed by atoms with E-state index in [-0.39, 0.29) is 5.91 Å². The zero-order valence-corrected chi connectivity index (χ0v) is 11.2. The average Bonchev–Trinajstić information content (AvgIpc) is 2.99. The van der Waals surface area contributed by atoms with Crippen LogP contribution in [0.5, 0.6) is 0 Å². The van der Waals surface area contributed by atoms with E-state index >= 15 is 0 Å². The molecule has 19 heavy (non-hydrogen) atoms. The standard InChI is InChI=1S/C16H13NOS/c1-2-11-5-3-7-13(9-11)17-16(18)15-10-12-6-4-8-14(12)19-15/h1,3,5,7,9-10H,4,6,8H2,(H,17,18). The summed E-state index contributed by atoms with van der Waals surface area (Å²) in [7, 11) is 0. The molecule has 0 fully saturated rings. The first-order chi connectivity index (χ1) is 9.26. The maximum atomic E-state index is 12.2. The number of nitrogens with one attached hydrogen (secondary N) is 1. The number of terminal acetylenes is 1. The Morgan fingerprint density at radius 3 is 3.00 bits per heavy atom. The highest BCUT2D eigenvalue weighted by atomic mass is 32.1. The van der Waals surface area contributed by atoms with Crippen LogP contribution in [0.4, 0.5) is 5.69 Å². The van der Waals surface area contributed by atoms with E-state index in [1.165, 1.54) is 16.9 Å². The Morgan fingerprint density at radius 1 is 1.32 bits per heavy atom. The molecule has 2 aromatic rings. The topological polar surface area (TPSA) is 29.1 Å². The number of hydrogen-bond donors (Lipinski definition) is 1. The van der Waals surface area contributed by atoms with Crippen LogP contribution in [0.3, 0.4) is 0 Å². The number of rotatable bonds is 2. The fourth-order valence-electron chi connectivity index (χ4n) is 2.32. The molecule has 0 saturated heterocycles. The van der Waals surface area contributed by atoms with E-state index in [0.29, 0.717) is 0 Å². The third-order valence-corrected chi connectivity index (χ3v) is 4.49. The van der Waals surface area contributed by atoms with Crippen LogP contribution in [0.1, 0.15) is 32.1 Å². The lowest BCUT2D eigenvalue weighted by Gasteiger charge is -2.03. The number of carbonyl (C=O) groups excluding carboxylic acids is 1. The van der Waals surface area contributed by atoms with Gasteiger partial charge in [-0.1, -0.05) is 12.0 Å². The van der Waals surface area contributed by atoms with Crippen LogP contribution in [0.2, 0.25) is 0 Å². The Kier molecular flexibility index (Phi) is 3.10. The van der Waals surface area contributed by atoms with Crippen LogP contribution < -0.4 is 5.32 Å². The number of amides is 1. The Hall–Kier alpha value is -2.05. The number of thiophene rings is 1. The Morgan fingerprint density at radius 2 is 2.21 bits per heavy atom. The number of aryl methyl sites for hydroxylation is 2. The molecule has 94 valence electrons. The summed E-state index contributed by atoms with van der Waals surface area (Å²) in [5.74, 6) is 2.52. The molecular formula is C16H13NOS. The molecule has 2 nitrogen and oxygen atoms in total. The maximum absolute atomic E-state index is 12.2. The Labute approximate surface area is 116 Å². The summed E-state index contributed by atoms with van der Waals surface area (Å²) in [4.78, 5) is 14.3. The van der Waals surface area contributed by atoms with Crippen LogP contribution in [0.15, 0.2) is 30.3 Å². The van der Waals surface area contributed by atoms with E-state index in [1.807, 2.05) is 24.3 Å². The molecule has 1 amide bonds. The van der Waals surface area contributed by atoms with Crippen LogP contribution >= 0.6 is 11.3 Å². The second kappa shape index (κ2) is 4.91. The van der Waals surface area contributed by atoms with Gasteiger partial charge in [0, 0.05) is 16.1 Å². The highest BCUT2D eigenvalue weighted by Crippen LogP contribution is 2.30. The number of fused-ring (bicyclic) bond motifs is 1. The van der Waals surface area contributed by atoms with Crippen molar-refractivity contribution in [2.75, 3.05) is 5.32 Å². The number of carbonyl (C=O) groups is 1. The second-order valence-electron chi connectivity index (χ2n) is 4.59. The van der Waals surface area contributed by atoms with E-state index in [1.54, 1.807) is 17.4 Å². The number of benzene rings is 1. The monoisotopic (exact) mass is 267 g/mol. The summed E-state index contributed by atoms with van der Waals surface area (Å²) >= 11 is 1.61. The van der Waals surface area contributed by atoms with Gasteiger partial charge in [0.15, 0.2) is 0 Å². The van der Waals surface area contributed by atoms with Gasteiger partial charge in [-0.3, -0.25) is 4.79 Å². The minimum Gasteiger partial charge on any atom is -0.321 e. The number of hydrogen-bond acceptors (Lipinski definition) is 2. The van der Waals surface area contributed by atoms with Crippen molar-refractivity contribution in [1.29, 1.82) is 0 Å². The zero-order valence-electron chi connectivity index (χ0n) is 10.4. The number of anilines is 1. The highest BCUT2D eigenvalue weighted by molar-refractivity contribution is 7.14. The van der Waals surface area contributed by atoms with Gasteiger partial charge in [-0.15, -0.1) is 17.8 Å². The first-order valence-corrected chi connectivity index (χ1v) is 7.07. The van der Waals surface area contributed by atoms with Gasteiger partial charge < -0.3 is 5.32 Å². The Balaban J connectivity index is 1.79. The molecule has 0 atom stereocenters. The van der Waals surface area contributed by atoms with E-state index in [2.05, 4.69) is 11.2 Å². The maximum Gasteiger partial charge on any atom is 0.265 e. The first-order valence-electron chi connectivity index (χ1n) is 6.26. The summed E-state index contributed by atoms with van der Waals surface area (Å²) in [6.07, 6.45) is 8.78. The third kappa shape index (κ3) is 2.40. The van der Waals surface area contributed by atoms with Gasteiger partial charge >= 0.3 is 0 Å². The molecule has 0 radical (unpaired) electrons. The van der Waals surface area contributed by atoms with Crippen LogP contribution in [0, 0.1) is 12.3 Å².